The maximum absolute atomic E-state index is 5.24. The number of hydrogen-bond acceptors (Lipinski definition) is 3. The van der Waals surface area contributed by atoms with E-state index in [1.54, 1.807) is 0 Å². The van der Waals surface area contributed by atoms with Gasteiger partial charge in [0.25, 0.3) is 0 Å². The van der Waals surface area contributed by atoms with Gasteiger partial charge in [-0.05, 0) is 13.8 Å². The molecule has 0 N–H and O–H groups in total. The standard InChI is InChI=1S/C10H20O3/c1-4-11-5-6-12-7-8-13-9-10(2)3/h2,4-9H2,1,3H3. The maximum atomic E-state index is 5.24. The quantitative estimate of drug-likeness (QED) is 0.406. The van der Waals surface area contributed by atoms with Crippen LogP contribution in [0.3, 0.4) is 0 Å². The molecular formula is C10H20O3. The first-order valence-electron chi connectivity index (χ1n) is 4.65. The van der Waals surface area contributed by atoms with Crippen LogP contribution in [-0.4, -0.2) is 39.6 Å². The zero-order valence-electron chi connectivity index (χ0n) is 8.67. The lowest BCUT2D eigenvalue weighted by molar-refractivity contribution is 0.0213. The molecule has 0 heterocycles. The highest BCUT2D eigenvalue weighted by atomic mass is 16.5. The van der Waals surface area contributed by atoms with Crippen molar-refractivity contribution in [3.8, 4) is 0 Å². The Bertz CT molecular complexity index is 123. The van der Waals surface area contributed by atoms with Gasteiger partial charge in [-0.3, -0.25) is 0 Å². The van der Waals surface area contributed by atoms with Crippen molar-refractivity contribution in [1.29, 1.82) is 0 Å². The van der Waals surface area contributed by atoms with Crippen molar-refractivity contribution in [2.24, 2.45) is 0 Å². The lowest BCUT2D eigenvalue weighted by Crippen LogP contribution is -2.09. The third kappa shape index (κ3) is 11.6. The van der Waals surface area contributed by atoms with E-state index in [4.69, 9.17) is 14.2 Å². The Morgan fingerprint density at radius 3 is 2.08 bits per heavy atom. The van der Waals surface area contributed by atoms with Crippen LogP contribution in [0.25, 0.3) is 0 Å². The van der Waals surface area contributed by atoms with E-state index in [0.717, 1.165) is 12.2 Å². The van der Waals surface area contributed by atoms with E-state index in [1.165, 1.54) is 0 Å². The molecule has 0 saturated carbocycles. The number of ether oxygens (including phenoxy) is 3. The molecule has 0 aliphatic heterocycles. The first-order valence-corrected chi connectivity index (χ1v) is 4.65. The minimum absolute atomic E-state index is 0.620. The third-order valence-corrected chi connectivity index (χ3v) is 1.30. The molecule has 0 atom stereocenters. The van der Waals surface area contributed by atoms with Crippen LogP contribution in [0.1, 0.15) is 13.8 Å². The predicted molar refractivity (Wildman–Crippen MR) is 52.9 cm³/mol. The van der Waals surface area contributed by atoms with Crippen LogP contribution < -0.4 is 0 Å². The predicted octanol–water partition coefficient (Wildman–Crippen LogP) is 1.63. The van der Waals surface area contributed by atoms with Gasteiger partial charge in [0.1, 0.15) is 0 Å². The molecule has 0 rings (SSSR count). The summed E-state index contributed by atoms with van der Waals surface area (Å²) in [5, 5.41) is 0. The van der Waals surface area contributed by atoms with Gasteiger partial charge in [-0.1, -0.05) is 12.2 Å². The fourth-order valence-electron chi connectivity index (χ4n) is 0.729. The Labute approximate surface area is 80.7 Å². The molecule has 13 heavy (non-hydrogen) atoms. The van der Waals surface area contributed by atoms with Gasteiger partial charge in [-0.2, -0.15) is 0 Å². The fourth-order valence-corrected chi connectivity index (χ4v) is 0.729. The molecule has 78 valence electrons. The second-order valence-corrected chi connectivity index (χ2v) is 2.82. The number of rotatable bonds is 9. The van der Waals surface area contributed by atoms with Crippen molar-refractivity contribution in [2.45, 2.75) is 13.8 Å². The van der Waals surface area contributed by atoms with Crippen LogP contribution in [-0.2, 0) is 14.2 Å². The normalized spacial score (nSPS) is 10.3. The molecule has 0 spiro atoms. The molecule has 0 aromatic carbocycles. The molecular weight excluding hydrogens is 168 g/mol. The summed E-state index contributed by atoms with van der Waals surface area (Å²) in [6, 6.07) is 0. The Hall–Kier alpha value is -0.380. The molecule has 0 aliphatic rings. The first-order chi connectivity index (χ1) is 6.27. The van der Waals surface area contributed by atoms with Crippen molar-refractivity contribution in [2.75, 3.05) is 39.6 Å². The average molecular weight is 188 g/mol. The van der Waals surface area contributed by atoms with Crippen LogP contribution >= 0.6 is 0 Å². The van der Waals surface area contributed by atoms with Gasteiger partial charge in [-0.25, -0.2) is 0 Å². The summed E-state index contributed by atoms with van der Waals surface area (Å²) in [4.78, 5) is 0. The van der Waals surface area contributed by atoms with E-state index in [9.17, 15) is 0 Å². The first kappa shape index (κ1) is 12.6. The molecule has 0 radical (unpaired) electrons. The fraction of sp³-hybridized carbons (Fsp3) is 0.800. The Morgan fingerprint density at radius 1 is 1.00 bits per heavy atom. The summed E-state index contributed by atoms with van der Waals surface area (Å²) in [6.07, 6.45) is 0. The lowest BCUT2D eigenvalue weighted by Gasteiger charge is -2.05. The third-order valence-electron chi connectivity index (χ3n) is 1.30. The van der Waals surface area contributed by atoms with E-state index in [1.807, 2.05) is 13.8 Å². The molecule has 0 unspecified atom stereocenters. The average Bonchev–Trinajstić information content (AvgIpc) is 2.09. The molecule has 3 nitrogen and oxygen atoms in total. The summed E-state index contributed by atoms with van der Waals surface area (Å²) in [5.74, 6) is 0. The molecule has 0 amide bonds. The minimum atomic E-state index is 0.620. The van der Waals surface area contributed by atoms with E-state index < -0.39 is 0 Å². The highest BCUT2D eigenvalue weighted by molar-refractivity contribution is 4.87. The zero-order chi connectivity index (χ0) is 9.94. The van der Waals surface area contributed by atoms with Crippen LogP contribution in [0.15, 0.2) is 12.2 Å². The molecule has 0 aliphatic carbocycles. The van der Waals surface area contributed by atoms with E-state index in [-0.39, 0.29) is 0 Å². The zero-order valence-corrected chi connectivity index (χ0v) is 8.67. The van der Waals surface area contributed by atoms with Gasteiger partial charge in [0.2, 0.25) is 0 Å². The Morgan fingerprint density at radius 2 is 1.54 bits per heavy atom. The molecule has 0 aromatic heterocycles. The van der Waals surface area contributed by atoms with Crippen molar-refractivity contribution < 1.29 is 14.2 Å². The van der Waals surface area contributed by atoms with Crippen LogP contribution in [0.5, 0.6) is 0 Å². The van der Waals surface area contributed by atoms with Gasteiger partial charge in [-0.15, -0.1) is 0 Å². The van der Waals surface area contributed by atoms with Gasteiger partial charge < -0.3 is 14.2 Å². The summed E-state index contributed by atoms with van der Waals surface area (Å²) in [5.41, 5.74) is 1.04. The largest absolute Gasteiger partial charge is 0.379 e. The second kappa shape index (κ2) is 9.71. The highest BCUT2D eigenvalue weighted by Crippen LogP contribution is 1.87. The summed E-state index contributed by atoms with van der Waals surface area (Å²) in [7, 11) is 0. The van der Waals surface area contributed by atoms with Crippen LogP contribution in [0.4, 0.5) is 0 Å². The minimum Gasteiger partial charge on any atom is -0.379 e. The summed E-state index contributed by atoms with van der Waals surface area (Å²) in [6.45, 7) is 11.6. The van der Waals surface area contributed by atoms with Gasteiger partial charge in [0, 0.05) is 6.61 Å². The van der Waals surface area contributed by atoms with Crippen LogP contribution in [0.2, 0.25) is 0 Å². The van der Waals surface area contributed by atoms with Crippen molar-refractivity contribution in [1.82, 2.24) is 0 Å². The van der Waals surface area contributed by atoms with Crippen LogP contribution in [0, 0.1) is 0 Å². The Balaban J connectivity index is 2.87. The highest BCUT2D eigenvalue weighted by Gasteiger charge is 1.90. The number of hydrogen-bond donors (Lipinski definition) is 0. The smallest absolute Gasteiger partial charge is 0.0704 e. The molecule has 3 heteroatoms. The maximum Gasteiger partial charge on any atom is 0.0704 e. The van der Waals surface area contributed by atoms with Gasteiger partial charge in [0.05, 0.1) is 33.0 Å². The van der Waals surface area contributed by atoms with Crippen molar-refractivity contribution >= 4 is 0 Å². The topological polar surface area (TPSA) is 27.7 Å². The molecule has 0 saturated heterocycles. The molecule has 0 aromatic rings. The van der Waals surface area contributed by atoms with Gasteiger partial charge >= 0.3 is 0 Å². The summed E-state index contributed by atoms with van der Waals surface area (Å²) >= 11 is 0. The van der Waals surface area contributed by atoms with Gasteiger partial charge in [0.15, 0.2) is 0 Å². The lowest BCUT2D eigenvalue weighted by atomic mass is 10.4. The monoisotopic (exact) mass is 188 g/mol. The molecule has 0 bridgehead atoms. The van der Waals surface area contributed by atoms with E-state index in [2.05, 4.69) is 6.58 Å². The Kier molecular flexibility index (Phi) is 9.42. The SMILES string of the molecule is C=C(C)COCCOCCOCC. The second-order valence-electron chi connectivity index (χ2n) is 2.82. The van der Waals surface area contributed by atoms with E-state index in [0.29, 0.717) is 33.0 Å². The van der Waals surface area contributed by atoms with E-state index >= 15 is 0 Å². The van der Waals surface area contributed by atoms with Crippen molar-refractivity contribution in [3.63, 3.8) is 0 Å². The molecule has 0 fully saturated rings. The van der Waals surface area contributed by atoms with Crippen molar-refractivity contribution in [3.05, 3.63) is 12.2 Å². The summed E-state index contributed by atoms with van der Waals surface area (Å²) < 4.78 is 15.6.